The number of carbonyl (C=O) groups excluding carboxylic acids is 3. The van der Waals surface area contributed by atoms with Crippen molar-refractivity contribution in [2.24, 2.45) is 0 Å². The summed E-state index contributed by atoms with van der Waals surface area (Å²) in [6, 6.07) is 5.67. The number of thioether (sulfide) groups is 1. The third kappa shape index (κ3) is 7.42. The maximum Gasteiger partial charge on any atom is 0.508 e. The maximum atomic E-state index is 12.4. The number of cyclic esters (lactones) is 2. The molecule has 154 valence electrons. The quantitative estimate of drug-likeness (QED) is 0.638. The van der Waals surface area contributed by atoms with Crippen molar-refractivity contribution < 1.29 is 23.9 Å². The summed E-state index contributed by atoms with van der Waals surface area (Å²) in [6.45, 7) is 2.51. The van der Waals surface area contributed by atoms with Crippen molar-refractivity contribution >= 4 is 29.7 Å². The molecular weight excluding hydrogens is 380 g/mol. The van der Waals surface area contributed by atoms with Gasteiger partial charge in [0.05, 0.1) is 13.2 Å². The second kappa shape index (κ2) is 11.6. The van der Waals surface area contributed by atoms with Crippen molar-refractivity contribution in [2.45, 2.75) is 38.6 Å². The molecule has 1 unspecified atom stereocenters. The van der Waals surface area contributed by atoms with Crippen molar-refractivity contribution in [1.82, 2.24) is 10.6 Å². The number of nitrogens with one attached hydrogen (secondary N) is 2. The van der Waals surface area contributed by atoms with Gasteiger partial charge in [-0.1, -0.05) is 18.2 Å². The van der Waals surface area contributed by atoms with E-state index in [-0.39, 0.29) is 11.8 Å². The largest absolute Gasteiger partial charge is 0.508 e. The minimum atomic E-state index is -0.620. The Labute approximate surface area is 169 Å². The molecule has 8 heteroatoms. The highest BCUT2D eigenvalue weighted by Crippen LogP contribution is 2.16. The average Bonchev–Trinajstić information content (AvgIpc) is 2.74. The highest BCUT2D eigenvalue weighted by molar-refractivity contribution is 7.98. The van der Waals surface area contributed by atoms with Gasteiger partial charge >= 0.3 is 6.16 Å². The predicted molar refractivity (Wildman–Crippen MR) is 108 cm³/mol. The molecule has 0 radical (unpaired) electrons. The van der Waals surface area contributed by atoms with E-state index in [0.717, 1.165) is 22.4 Å². The minimum absolute atomic E-state index is 0.156. The third-order valence-electron chi connectivity index (χ3n) is 4.47. The summed E-state index contributed by atoms with van der Waals surface area (Å²) in [5.74, 6) is 0.442. The van der Waals surface area contributed by atoms with Crippen LogP contribution in [0.3, 0.4) is 0 Å². The molecule has 1 aromatic rings. The third-order valence-corrected chi connectivity index (χ3v) is 5.11. The molecule has 7 nitrogen and oxygen atoms in total. The lowest BCUT2D eigenvalue weighted by Gasteiger charge is -2.17. The van der Waals surface area contributed by atoms with Gasteiger partial charge in [0.15, 0.2) is 0 Å². The molecule has 28 heavy (non-hydrogen) atoms. The summed E-state index contributed by atoms with van der Waals surface area (Å²) < 4.78 is 9.99. The molecule has 0 aromatic heterocycles. The van der Waals surface area contributed by atoms with Gasteiger partial charge < -0.3 is 20.1 Å². The van der Waals surface area contributed by atoms with E-state index in [1.807, 2.05) is 18.4 Å². The van der Waals surface area contributed by atoms with E-state index in [9.17, 15) is 14.4 Å². The van der Waals surface area contributed by atoms with Crippen LogP contribution in [0.25, 0.3) is 0 Å². The van der Waals surface area contributed by atoms with E-state index in [4.69, 9.17) is 9.47 Å². The Morgan fingerprint density at radius 3 is 2.57 bits per heavy atom. The van der Waals surface area contributed by atoms with E-state index in [0.29, 0.717) is 45.4 Å². The Bertz CT molecular complexity index is 695. The first kappa shape index (κ1) is 22.1. The molecule has 0 aliphatic carbocycles. The van der Waals surface area contributed by atoms with E-state index in [1.165, 1.54) is 6.92 Å². The standard InChI is InChI=1S/C20H28N2O5S/c1-14(23)22-18(8-12-28-2)19(24)21-9-5-15-3-4-16-6-10-26-20(25)27-11-7-17(16)13-15/h3-4,13,18H,5-12H2,1-2H3,(H,21,24)(H,22,23). The predicted octanol–water partition coefficient (Wildman–Crippen LogP) is 1.85. The molecule has 1 aliphatic rings. The van der Waals surface area contributed by atoms with Gasteiger partial charge in [0.2, 0.25) is 11.8 Å². The number of ether oxygens (including phenoxy) is 2. The van der Waals surface area contributed by atoms with Crippen LogP contribution >= 0.6 is 11.8 Å². The molecule has 2 amide bonds. The fourth-order valence-electron chi connectivity index (χ4n) is 3.04. The van der Waals surface area contributed by atoms with Crippen molar-refractivity contribution in [3.63, 3.8) is 0 Å². The Morgan fingerprint density at radius 1 is 1.18 bits per heavy atom. The molecule has 1 aromatic carbocycles. The van der Waals surface area contributed by atoms with Crippen LogP contribution in [0.1, 0.15) is 30.0 Å². The number of amides is 2. The van der Waals surface area contributed by atoms with E-state index < -0.39 is 12.2 Å². The number of rotatable bonds is 8. The van der Waals surface area contributed by atoms with Crippen LogP contribution < -0.4 is 10.6 Å². The highest BCUT2D eigenvalue weighted by atomic mass is 32.2. The first-order chi connectivity index (χ1) is 13.5. The molecule has 1 heterocycles. The van der Waals surface area contributed by atoms with Gasteiger partial charge in [0.25, 0.3) is 0 Å². The van der Waals surface area contributed by atoms with Gasteiger partial charge in [0.1, 0.15) is 6.04 Å². The van der Waals surface area contributed by atoms with Gasteiger partial charge in [-0.05, 0) is 41.5 Å². The first-order valence-corrected chi connectivity index (χ1v) is 10.8. The molecule has 0 fully saturated rings. The second-order valence-corrected chi connectivity index (χ2v) is 7.61. The summed E-state index contributed by atoms with van der Waals surface area (Å²) in [4.78, 5) is 35.0. The normalized spacial score (nSPS) is 15.0. The summed E-state index contributed by atoms with van der Waals surface area (Å²) >= 11 is 1.64. The molecule has 2 rings (SSSR count). The van der Waals surface area contributed by atoms with Crippen molar-refractivity contribution in [3.05, 3.63) is 34.9 Å². The van der Waals surface area contributed by atoms with Crippen LogP contribution in [-0.4, -0.2) is 55.8 Å². The van der Waals surface area contributed by atoms with Crippen LogP contribution in [0.2, 0.25) is 0 Å². The summed E-state index contributed by atoms with van der Waals surface area (Å²) in [6.07, 6.45) is 3.94. The van der Waals surface area contributed by atoms with Crippen molar-refractivity contribution in [1.29, 1.82) is 0 Å². The average molecular weight is 409 g/mol. The monoisotopic (exact) mass is 408 g/mol. The zero-order chi connectivity index (χ0) is 20.4. The van der Waals surface area contributed by atoms with Crippen LogP contribution in [0.4, 0.5) is 4.79 Å². The van der Waals surface area contributed by atoms with Crippen molar-refractivity contribution in [2.75, 3.05) is 31.8 Å². The lowest BCUT2D eigenvalue weighted by molar-refractivity contribution is -0.128. The molecule has 0 saturated heterocycles. The van der Waals surface area contributed by atoms with Crippen molar-refractivity contribution in [3.8, 4) is 0 Å². The van der Waals surface area contributed by atoms with Crippen LogP contribution in [-0.2, 0) is 38.3 Å². The fraction of sp³-hybridized carbons (Fsp3) is 0.550. The molecule has 2 N–H and O–H groups in total. The number of hydrogen-bond donors (Lipinski definition) is 2. The van der Waals surface area contributed by atoms with Gasteiger partial charge in [-0.2, -0.15) is 11.8 Å². The summed E-state index contributed by atoms with van der Waals surface area (Å²) in [5, 5.41) is 5.62. The molecular formula is C20H28N2O5S. The van der Waals surface area contributed by atoms with Gasteiger partial charge in [0, 0.05) is 26.3 Å². The Morgan fingerprint density at radius 2 is 1.89 bits per heavy atom. The molecule has 0 bridgehead atoms. The topological polar surface area (TPSA) is 93.7 Å². The fourth-order valence-corrected chi connectivity index (χ4v) is 3.52. The van der Waals surface area contributed by atoms with Gasteiger partial charge in [-0.3, -0.25) is 9.59 Å². The van der Waals surface area contributed by atoms with Crippen LogP contribution in [0.5, 0.6) is 0 Å². The molecule has 1 aliphatic heterocycles. The zero-order valence-corrected chi connectivity index (χ0v) is 17.2. The Hall–Kier alpha value is -2.22. The van der Waals surface area contributed by atoms with Crippen LogP contribution in [0, 0.1) is 0 Å². The molecule has 1 atom stereocenters. The van der Waals surface area contributed by atoms with Crippen LogP contribution in [0.15, 0.2) is 18.2 Å². The number of fused-ring (bicyclic) bond motifs is 1. The van der Waals surface area contributed by atoms with Gasteiger partial charge in [-0.25, -0.2) is 4.79 Å². The number of carbonyl (C=O) groups is 3. The zero-order valence-electron chi connectivity index (χ0n) is 16.4. The first-order valence-electron chi connectivity index (χ1n) is 9.43. The minimum Gasteiger partial charge on any atom is -0.434 e. The van der Waals surface area contributed by atoms with E-state index in [1.54, 1.807) is 11.8 Å². The SMILES string of the molecule is CSCCC(NC(C)=O)C(=O)NCCc1ccc2c(c1)CCOC(=O)OCC2. The smallest absolute Gasteiger partial charge is 0.434 e. The summed E-state index contributed by atoms with van der Waals surface area (Å²) in [7, 11) is 0. The summed E-state index contributed by atoms with van der Waals surface area (Å²) in [5.41, 5.74) is 3.39. The van der Waals surface area contributed by atoms with Gasteiger partial charge in [-0.15, -0.1) is 0 Å². The van der Waals surface area contributed by atoms with E-state index >= 15 is 0 Å². The molecule has 0 saturated carbocycles. The maximum absolute atomic E-state index is 12.4. The number of benzene rings is 1. The highest BCUT2D eigenvalue weighted by Gasteiger charge is 2.18. The lowest BCUT2D eigenvalue weighted by Crippen LogP contribution is -2.46. The molecule has 0 spiro atoms. The number of hydrogen-bond acceptors (Lipinski definition) is 6. The lowest BCUT2D eigenvalue weighted by atomic mass is 9.98. The Balaban J connectivity index is 1.89. The van der Waals surface area contributed by atoms with E-state index in [2.05, 4.69) is 16.7 Å². The Kier molecular flexibility index (Phi) is 9.13. The second-order valence-electron chi connectivity index (χ2n) is 6.63.